The molecule has 9 nitrogen and oxygen atoms in total. The van der Waals surface area contributed by atoms with E-state index >= 15 is 0 Å². The first-order valence-electron chi connectivity index (χ1n) is 11.5. The third-order valence-corrected chi connectivity index (χ3v) is 6.16. The van der Waals surface area contributed by atoms with Crippen molar-refractivity contribution in [1.29, 1.82) is 0 Å². The number of anilines is 3. The summed E-state index contributed by atoms with van der Waals surface area (Å²) in [4.78, 5) is 30.9. The lowest BCUT2D eigenvalue weighted by atomic mass is 10.0. The molecular formula is C26H27N7O2. The number of piperidine rings is 1. The molecule has 5 heterocycles. The minimum absolute atomic E-state index is 0.334. The standard InChI is InChI=1S/C26H27N7O2/c1-3-25(35)32-23-11-17(12-24(31-23)33-8-4-5-19(34)15-33)18-9-20-21(14-30-26(20)29-13-18)16-6-7-28-22(10-16)27-2/h3,6-7,9-14,19,34H,1,4-5,8,15H2,2H3,(H,27,28)(H,29,30)(H,31,32,35). The Morgan fingerprint density at radius 3 is 2.86 bits per heavy atom. The second kappa shape index (κ2) is 9.55. The molecule has 1 saturated heterocycles. The Morgan fingerprint density at radius 1 is 1.20 bits per heavy atom. The Hall–Kier alpha value is -4.24. The Morgan fingerprint density at radius 2 is 2.06 bits per heavy atom. The fraction of sp³-hybridized carbons (Fsp3) is 0.231. The lowest BCUT2D eigenvalue weighted by molar-refractivity contribution is -0.111. The van der Waals surface area contributed by atoms with Crippen LogP contribution in [0.25, 0.3) is 33.3 Å². The largest absolute Gasteiger partial charge is 0.391 e. The molecule has 4 N–H and O–H groups in total. The number of aliphatic hydroxyl groups excluding tert-OH is 1. The van der Waals surface area contributed by atoms with Gasteiger partial charge in [0.1, 0.15) is 23.1 Å². The van der Waals surface area contributed by atoms with Gasteiger partial charge in [0.05, 0.1) is 6.10 Å². The van der Waals surface area contributed by atoms with E-state index in [2.05, 4.69) is 43.2 Å². The fourth-order valence-corrected chi connectivity index (χ4v) is 4.38. The number of aromatic nitrogens is 4. The molecule has 1 amide bonds. The Balaban J connectivity index is 1.59. The molecular weight excluding hydrogens is 442 g/mol. The first-order chi connectivity index (χ1) is 17.0. The van der Waals surface area contributed by atoms with Crippen molar-refractivity contribution >= 4 is 34.4 Å². The lowest BCUT2D eigenvalue weighted by Gasteiger charge is -2.31. The van der Waals surface area contributed by atoms with Crippen molar-refractivity contribution in [3.05, 3.63) is 61.6 Å². The van der Waals surface area contributed by atoms with E-state index in [1.807, 2.05) is 42.4 Å². The number of carbonyl (C=O) groups excluding carboxylic acids is 1. The molecule has 35 heavy (non-hydrogen) atoms. The second-order valence-electron chi connectivity index (χ2n) is 8.54. The molecule has 1 unspecified atom stereocenters. The smallest absolute Gasteiger partial charge is 0.248 e. The van der Waals surface area contributed by atoms with Crippen LogP contribution >= 0.6 is 0 Å². The van der Waals surface area contributed by atoms with Crippen LogP contribution in [0.1, 0.15) is 12.8 Å². The molecule has 1 atom stereocenters. The molecule has 0 aliphatic carbocycles. The van der Waals surface area contributed by atoms with Gasteiger partial charge in [-0.15, -0.1) is 0 Å². The summed E-state index contributed by atoms with van der Waals surface area (Å²) in [5, 5.41) is 17.0. The first-order valence-corrected chi connectivity index (χ1v) is 11.5. The number of nitrogens with one attached hydrogen (secondary N) is 3. The summed E-state index contributed by atoms with van der Waals surface area (Å²) in [6.45, 7) is 4.82. The molecule has 1 aliphatic rings. The number of H-pyrrole nitrogens is 1. The highest BCUT2D eigenvalue weighted by Crippen LogP contribution is 2.33. The zero-order valence-corrected chi connectivity index (χ0v) is 19.5. The van der Waals surface area contributed by atoms with Crippen molar-refractivity contribution < 1.29 is 9.90 Å². The Labute approximate surface area is 202 Å². The minimum Gasteiger partial charge on any atom is -0.391 e. The predicted octanol–water partition coefficient (Wildman–Crippen LogP) is 3.81. The van der Waals surface area contributed by atoms with Crippen LogP contribution in [0, 0.1) is 0 Å². The fourth-order valence-electron chi connectivity index (χ4n) is 4.38. The van der Waals surface area contributed by atoms with Gasteiger partial charge in [0, 0.05) is 55.2 Å². The number of pyridine rings is 3. The summed E-state index contributed by atoms with van der Waals surface area (Å²) in [5.41, 5.74) is 4.56. The van der Waals surface area contributed by atoms with Crippen LogP contribution in [-0.2, 0) is 4.79 Å². The van der Waals surface area contributed by atoms with Gasteiger partial charge in [0.15, 0.2) is 0 Å². The van der Waals surface area contributed by atoms with E-state index in [1.165, 1.54) is 6.08 Å². The average molecular weight is 470 g/mol. The number of hydrogen-bond donors (Lipinski definition) is 4. The highest BCUT2D eigenvalue weighted by Gasteiger charge is 2.20. The summed E-state index contributed by atoms with van der Waals surface area (Å²) < 4.78 is 0. The molecule has 9 heteroatoms. The number of amides is 1. The highest BCUT2D eigenvalue weighted by atomic mass is 16.3. The summed E-state index contributed by atoms with van der Waals surface area (Å²) in [6, 6.07) is 9.83. The molecule has 0 bridgehead atoms. The number of aliphatic hydroxyl groups is 1. The van der Waals surface area contributed by atoms with Crippen LogP contribution < -0.4 is 15.5 Å². The SMILES string of the molecule is C=CC(=O)Nc1cc(-c2cnc3[nH]cc(-c4ccnc(NC)c4)c3c2)cc(N2CCCC(O)C2)n1. The maximum absolute atomic E-state index is 12.0. The number of fused-ring (bicyclic) bond motifs is 1. The maximum atomic E-state index is 12.0. The first kappa shape index (κ1) is 22.5. The molecule has 178 valence electrons. The zero-order valence-electron chi connectivity index (χ0n) is 19.5. The van der Waals surface area contributed by atoms with Crippen LogP contribution in [0.3, 0.4) is 0 Å². The number of aromatic amines is 1. The zero-order chi connectivity index (χ0) is 24.4. The third-order valence-electron chi connectivity index (χ3n) is 6.16. The van der Waals surface area contributed by atoms with Gasteiger partial charge in [-0.05, 0) is 60.4 Å². The van der Waals surface area contributed by atoms with E-state index in [4.69, 9.17) is 0 Å². The van der Waals surface area contributed by atoms with Gasteiger partial charge >= 0.3 is 0 Å². The highest BCUT2D eigenvalue weighted by molar-refractivity contribution is 5.99. The van der Waals surface area contributed by atoms with E-state index in [1.54, 1.807) is 12.4 Å². The predicted molar refractivity (Wildman–Crippen MR) is 138 cm³/mol. The van der Waals surface area contributed by atoms with Crippen LogP contribution in [-0.4, -0.2) is 57.2 Å². The second-order valence-corrected chi connectivity index (χ2v) is 8.54. The van der Waals surface area contributed by atoms with Crippen LogP contribution in [0.2, 0.25) is 0 Å². The molecule has 4 aromatic rings. The Bertz CT molecular complexity index is 1400. The third kappa shape index (κ3) is 4.71. The summed E-state index contributed by atoms with van der Waals surface area (Å²) >= 11 is 0. The van der Waals surface area contributed by atoms with E-state index in [-0.39, 0.29) is 5.91 Å². The number of β-amino-alcohol motifs (C(OH)–C–C–N with tert-alkyl or cyclic N) is 1. The molecule has 4 aromatic heterocycles. The van der Waals surface area contributed by atoms with E-state index < -0.39 is 6.10 Å². The topological polar surface area (TPSA) is 119 Å². The van der Waals surface area contributed by atoms with Gasteiger partial charge in [0.25, 0.3) is 0 Å². The number of rotatable bonds is 6. The summed E-state index contributed by atoms with van der Waals surface area (Å²) in [5.74, 6) is 1.57. The van der Waals surface area contributed by atoms with Crippen molar-refractivity contribution in [2.24, 2.45) is 0 Å². The van der Waals surface area contributed by atoms with Gasteiger partial charge in [-0.3, -0.25) is 4.79 Å². The van der Waals surface area contributed by atoms with Crippen molar-refractivity contribution in [3.63, 3.8) is 0 Å². The van der Waals surface area contributed by atoms with Crippen LogP contribution in [0.15, 0.2) is 61.6 Å². The quantitative estimate of drug-likeness (QED) is 0.317. The molecule has 5 rings (SSSR count). The van der Waals surface area contributed by atoms with E-state index in [0.29, 0.717) is 18.2 Å². The van der Waals surface area contributed by atoms with Gasteiger partial charge in [-0.25, -0.2) is 15.0 Å². The number of carbonyl (C=O) groups is 1. The molecule has 1 aliphatic heterocycles. The lowest BCUT2D eigenvalue weighted by Crippen LogP contribution is -2.38. The molecule has 0 spiro atoms. The van der Waals surface area contributed by atoms with Crippen molar-refractivity contribution in [1.82, 2.24) is 19.9 Å². The number of nitrogens with zero attached hydrogens (tertiary/aromatic N) is 4. The van der Waals surface area contributed by atoms with Crippen molar-refractivity contribution in [2.45, 2.75) is 18.9 Å². The molecule has 0 radical (unpaired) electrons. The summed E-state index contributed by atoms with van der Waals surface area (Å²) in [7, 11) is 1.84. The monoisotopic (exact) mass is 469 g/mol. The maximum Gasteiger partial charge on any atom is 0.248 e. The van der Waals surface area contributed by atoms with Gasteiger partial charge in [0.2, 0.25) is 5.91 Å². The Kier molecular flexibility index (Phi) is 6.15. The van der Waals surface area contributed by atoms with Crippen LogP contribution in [0.5, 0.6) is 0 Å². The minimum atomic E-state index is -0.399. The molecule has 1 fully saturated rings. The molecule has 0 aromatic carbocycles. The van der Waals surface area contributed by atoms with Gasteiger partial charge < -0.3 is 25.6 Å². The van der Waals surface area contributed by atoms with Gasteiger partial charge in [-0.1, -0.05) is 6.58 Å². The van der Waals surface area contributed by atoms with E-state index in [9.17, 15) is 9.90 Å². The summed E-state index contributed by atoms with van der Waals surface area (Å²) in [6.07, 6.45) is 7.99. The normalized spacial score (nSPS) is 15.7. The van der Waals surface area contributed by atoms with Crippen molar-refractivity contribution in [2.75, 3.05) is 35.7 Å². The number of hydrogen-bond acceptors (Lipinski definition) is 7. The molecule has 0 saturated carbocycles. The average Bonchev–Trinajstić information content (AvgIpc) is 3.32. The van der Waals surface area contributed by atoms with Crippen LogP contribution in [0.4, 0.5) is 17.5 Å². The van der Waals surface area contributed by atoms with Crippen molar-refractivity contribution in [3.8, 4) is 22.3 Å². The van der Waals surface area contributed by atoms with E-state index in [0.717, 1.165) is 58.5 Å². The van der Waals surface area contributed by atoms with Gasteiger partial charge in [-0.2, -0.15) is 0 Å².